The zero-order chi connectivity index (χ0) is 13.0. The highest BCUT2D eigenvalue weighted by molar-refractivity contribution is 5.92. The quantitative estimate of drug-likeness (QED) is 0.867. The summed E-state index contributed by atoms with van der Waals surface area (Å²) in [6.45, 7) is 2.04. The highest BCUT2D eigenvalue weighted by Crippen LogP contribution is 2.25. The van der Waals surface area contributed by atoms with Crippen LogP contribution in [0.3, 0.4) is 0 Å². The van der Waals surface area contributed by atoms with Gasteiger partial charge in [-0.05, 0) is 43.5 Å². The maximum Gasteiger partial charge on any atom is 0.248 e. The van der Waals surface area contributed by atoms with E-state index in [4.69, 9.17) is 5.73 Å². The van der Waals surface area contributed by atoms with E-state index in [1.54, 1.807) is 6.07 Å². The van der Waals surface area contributed by atoms with Crippen molar-refractivity contribution in [2.24, 2.45) is 11.7 Å². The molecule has 1 aromatic rings. The highest BCUT2D eigenvalue weighted by Gasteiger charge is 2.16. The van der Waals surface area contributed by atoms with Crippen LogP contribution >= 0.6 is 0 Å². The number of hydrogen-bond donors (Lipinski definition) is 1. The lowest BCUT2D eigenvalue weighted by molar-refractivity contribution is 0.1000. The minimum atomic E-state index is -0.352. The van der Waals surface area contributed by atoms with Crippen molar-refractivity contribution in [2.75, 3.05) is 13.6 Å². The molecule has 1 saturated carbocycles. The molecule has 98 valence electrons. The third-order valence-electron chi connectivity index (χ3n) is 3.71. The van der Waals surface area contributed by atoms with Gasteiger partial charge < -0.3 is 10.6 Å². The first kappa shape index (κ1) is 13.1. The molecular formula is C15H22N2O. The van der Waals surface area contributed by atoms with Crippen LogP contribution in [0, 0.1) is 5.92 Å². The van der Waals surface area contributed by atoms with E-state index in [0.29, 0.717) is 5.56 Å². The van der Waals surface area contributed by atoms with E-state index < -0.39 is 0 Å². The van der Waals surface area contributed by atoms with E-state index in [2.05, 4.69) is 18.0 Å². The molecular weight excluding hydrogens is 224 g/mol. The Morgan fingerprint density at radius 2 is 2.11 bits per heavy atom. The van der Waals surface area contributed by atoms with Crippen LogP contribution in [-0.4, -0.2) is 24.4 Å². The first-order chi connectivity index (χ1) is 8.65. The smallest absolute Gasteiger partial charge is 0.248 e. The van der Waals surface area contributed by atoms with Crippen LogP contribution in [0.5, 0.6) is 0 Å². The van der Waals surface area contributed by atoms with Gasteiger partial charge in [0.1, 0.15) is 0 Å². The van der Waals surface area contributed by atoms with E-state index in [1.807, 2.05) is 12.1 Å². The lowest BCUT2D eigenvalue weighted by Crippen LogP contribution is -2.24. The average Bonchev–Trinajstić information content (AvgIpc) is 2.82. The molecule has 0 aliphatic heterocycles. The van der Waals surface area contributed by atoms with Crippen LogP contribution < -0.4 is 5.73 Å². The van der Waals surface area contributed by atoms with Crippen molar-refractivity contribution >= 4 is 5.91 Å². The zero-order valence-corrected chi connectivity index (χ0v) is 11.1. The molecule has 2 rings (SSSR count). The highest BCUT2D eigenvalue weighted by atomic mass is 16.1. The van der Waals surface area contributed by atoms with Gasteiger partial charge in [-0.2, -0.15) is 0 Å². The van der Waals surface area contributed by atoms with Gasteiger partial charge in [0.25, 0.3) is 0 Å². The average molecular weight is 246 g/mol. The maximum absolute atomic E-state index is 11.1. The van der Waals surface area contributed by atoms with Crippen LogP contribution in [0.4, 0.5) is 0 Å². The van der Waals surface area contributed by atoms with E-state index in [9.17, 15) is 4.79 Å². The van der Waals surface area contributed by atoms with Crippen LogP contribution in [0.1, 0.15) is 41.6 Å². The van der Waals surface area contributed by atoms with Crippen molar-refractivity contribution in [3.63, 3.8) is 0 Å². The molecule has 1 aliphatic rings. The molecule has 18 heavy (non-hydrogen) atoms. The molecule has 1 fully saturated rings. The molecule has 0 heterocycles. The number of amides is 1. The second-order valence-corrected chi connectivity index (χ2v) is 5.41. The van der Waals surface area contributed by atoms with E-state index in [1.165, 1.54) is 25.7 Å². The molecule has 1 aromatic carbocycles. The fourth-order valence-electron chi connectivity index (χ4n) is 2.83. The summed E-state index contributed by atoms with van der Waals surface area (Å²) in [5, 5.41) is 0. The van der Waals surface area contributed by atoms with Crippen molar-refractivity contribution in [2.45, 2.75) is 32.2 Å². The van der Waals surface area contributed by atoms with Crippen molar-refractivity contribution in [3.05, 3.63) is 35.4 Å². The minimum Gasteiger partial charge on any atom is -0.366 e. The van der Waals surface area contributed by atoms with Gasteiger partial charge in [-0.15, -0.1) is 0 Å². The Morgan fingerprint density at radius 3 is 2.78 bits per heavy atom. The predicted octanol–water partition coefficient (Wildman–Crippen LogP) is 2.41. The summed E-state index contributed by atoms with van der Waals surface area (Å²) < 4.78 is 0. The third kappa shape index (κ3) is 3.57. The lowest BCUT2D eigenvalue weighted by Gasteiger charge is -2.20. The topological polar surface area (TPSA) is 46.3 Å². The van der Waals surface area contributed by atoms with E-state index in [-0.39, 0.29) is 5.91 Å². The summed E-state index contributed by atoms with van der Waals surface area (Å²) in [6, 6.07) is 7.62. The molecule has 0 spiro atoms. The Morgan fingerprint density at radius 1 is 1.39 bits per heavy atom. The Labute approximate surface area is 109 Å². The largest absolute Gasteiger partial charge is 0.366 e. The first-order valence-corrected chi connectivity index (χ1v) is 6.72. The van der Waals surface area contributed by atoms with Gasteiger partial charge in [0.2, 0.25) is 5.91 Å². The number of nitrogens with two attached hydrogens (primary N) is 1. The van der Waals surface area contributed by atoms with Gasteiger partial charge in [-0.25, -0.2) is 0 Å². The van der Waals surface area contributed by atoms with Crippen LogP contribution in [0.2, 0.25) is 0 Å². The molecule has 0 aromatic heterocycles. The number of primary amides is 1. The minimum absolute atomic E-state index is 0.352. The number of benzene rings is 1. The van der Waals surface area contributed by atoms with Gasteiger partial charge in [0.05, 0.1) is 0 Å². The van der Waals surface area contributed by atoms with E-state index >= 15 is 0 Å². The fourth-order valence-corrected chi connectivity index (χ4v) is 2.83. The normalized spacial score (nSPS) is 16.3. The molecule has 1 aliphatic carbocycles. The van der Waals surface area contributed by atoms with Gasteiger partial charge in [0.15, 0.2) is 0 Å². The molecule has 0 atom stereocenters. The van der Waals surface area contributed by atoms with Gasteiger partial charge in [-0.3, -0.25) is 4.79 Å². The van der Waals surface area contributed by atoms with Crippen molar-refractivity contribution in [1.82, 2.24) is 4.90 Å². The lowest BCUT2D eigenvalue weighted by atomic mass is 10.1. The summed E-state index contributed by atoms with van der Waals surface area (Å²) in [5.74, 6) is 0.504. The second-order valence-electron chi connectivity index (χ2n) is 5.41. The van der Waals surface area contributed by atoms with Gasteiger partial charge in [-0.1, -0.05) is 25.0 Å². The summed E-state index contributed by atoms with van der Waals surface area (Å²) in [4.78, 5) is 13.5. The SMILES string of the molecule is CN(Cc1cccc(C(N)=O)c1)CC1CCCC1. The molecule has 0 unspecified atom stereocenters. The summed E-state index contributed by atoms with van der Waals surface area (Å²) in [5.41, 5.74) is 7.05. The molecule has 0 saturated heterocycles. The predicted molar refractivity (Wildman–Crippen MR) is 73.3 cm³/mol. The number of rotatable bonds is 5. The summed E-state index contributed by atoms with van der Waals surface area (Å²) >= 11 is 0. The number of carbonyl (C=O) groups is 1. The van der Waals surface area contributed by atoms with E-state index in [0.717, 1.165) is 24.6 Å². The Balaban J connectivity index is 1.91. The Hall–Kier alpha value is -1.35. The summed E-state index contributed by atoms with van der Waals surface area (Å²) in [6.07, 6.45) is 5.50. The standard InChI is InChI=1S/C15H22N2O/c1-17(10-12-5-2-3-6-12)11-13-7-4-8-14(9-13)15(16)18/h4,7-9,12H,2-3,5-6,10-11H2,1H3,(H2,16,18). The molecule has 3 heteroatoms. The molecule has 3 nitrogen and oxygen atoms in total. The van der Waals surface area contributed by atoms with Crippen molar-refractivity contribution < 1.29 is 4.79 Å². The molecule has 0 bridgehead atoms. The van der Waals surface area contributed by atoms with Gasteiger partial charge in [0, 0.05) is 18.7 Å². The first-order valence-electron chi connectivity index (χ1n) is 6.72. The number of carbonyl (C=O) groups excluding carboxylic acids is 1. The van der Waals surface area contributed by atoms with Crippen LogP contribution in [0.15, 0.2) is 24.3 Å². The maximum atomic E-state index is 11.1. The monoisotopic (exact) mass is 246 g/mol. The summed E-state index contributed by atoms with van der Waals surface area (Å²) in [7, 11) is 2.15. The zero-order valence-electron chi connectivity index (χ0n) is 11.1. The molecule has 1 amide bonds. The molecule has 0 radical (unpaired) electrons. The van der Waals surface area contributed by atoms with Gasteiger partial charge >= 0.3 is 0 Å². The van der Waals surface area contributed by atoms with Crippen molar-refractivity contribution in [1.29, 1.82) is 0 Å². The Kier molecular flexibility index (Phi) is 4.37. The fraction of sp³-hybridized carbons (Fsp3) is 0.533. The van der Waals surface area contributed by atoms with Crippen LogP contribution in [-0.2, 0) is 6.54 Å². The second kappa shape index (κ2) is 6.01. The van der Waals surface area contributed by atoms with Crippen LogP contribution in [0.25, 0.3) is 0 Å². The van der Waals surface area contributed by atoms with Crippen molar-refractivity contribution in [3.8, 4) is 0 Å². The number of nitrogens with zero attached hydrogens (tertiary/aromatic N) is 1. The molecule has 2 N–H and O–H groups in total. The Bertz CT molecular complexity index is 411. The third-order valence-corrected chi connectivity index (χ3v) is 3.71. The number of hydrogen-bond acceptors (Lipinski definition) is 2.